The molecule has 1 aromatic carbocycles. The van der Waals surface area contributed by atoms with E-state index in [2.05, 4.69) is 20.4 Å². The second-order valence-corrected chi connectivity index (χ2v) is 6.40. The molecule has 0 atom stereocenters. The first-order valence-corrected chi connectivity index (χ1v) is 8.77. The first-order valence-electron chi connectivity index (χ1n) is 8.77. The van der Waals surface area contributed by atoms with Crippen molar-refractivity contribution >= 4 is 17.2 Å². The van der Waals surface area contributed by atoms with E-state index in [1.807, 2.05) is 49.4 Å². The van der Waals surface area contributed by atoms with Crippen molar-refractivity contribution in [2.24, 2.45) is 0 Å². The minimum absolute atomic E-state index is 0.187. The van der Waals surface area contributed by atoms with Gasteiger partial charge in [0.25, 0.3) is 0 Å². The summed E-state index contributed by atoms with van der Waals surface area (Å²) in [5.74, 6) is 0.157. The highest BCUT2D eigenvalue weighted by Gasteiger charge is 2.15. The van der Waals surface area contributed by atoms with Gasteiger partial charge in [-0.05, 0) is 37.6 Å². The monoisotopic (exact) mass is 374 g/mol. The number of aryl methyl sites for hydroxylation is 2. The van der Waals surface area contributed by atoms with E-state index >= 15 is 0 Å². The van der Waals surface area contributed by atoms with Crippen LogP contribution in [0.1, 0.15) is 11.4 Å². The average molecular weight is 374 g/mol. The van der Waals surface area contributed by atoms with Crippen molar-refractivity contribution in [2.45, 2.75) is 20.4 Å². The number of nitrogens with zero attached hydrogens (tertiary/aromatic N) is 5. The normalized spacial score (nSPS) is 10.9. The van der Waals surface area contributed by atoms with Crippen LogP contribution in [0.15, 0.2) is 59.5 Å². The van der Waals surface area contributed by atoms with Gasteiger partial charge in [-0.25, -0.2) is 18.9 Å². The predicted octanol–water partition coefficient (Wildman–Crippen LogP) is 2.21. The Morgan fingerprint density at radius 1 is 1.07 bits per heavy atom. The summed E-state index contributed by atoms with van der Waals surface area (Å²) in [5.41, 5.74) is 2.96. The molecule has 4 rings (SSSR count). The Labute approximate surface area is 160 Å². The Bertz CT molecular complexity index is 1230. The number of fused-ring (bicyclic) bond motifs is 1. The molecule has 0 radical (unpaired) electrons. The zero-order chi connectivity index (χ0) is 19.7. The highest BCUT2D eigenvalue weighted by atomic mass is 16.2. The van der Waals surface area contributed by atoms with E-state index in [0.717, 1.165) is 10.2 Å². The number of nitrogens with one attached hydrogen (secondary N) is 1. The number of amides is 1. The summed E-state index contributed by atoms with van der Waals surface area (Å²) in [7, 11) is 0. The molecule has 4 aromatic rings. The third kappa shape index (κ3) is 3.27. The molecule has 3 heterocycles. The number of carbonyl (C=O) groups excluding carboxylic acids is 1. The van der Waals surface area contributed by atoms with Crippen LogP contribution in [0.4, 0.5) is 5.69 Å². The van der Waals surface area contributed by atoms with Crippen molar-refractivity contribution in [3.8, 4) is 11.4 Å². The van der Waals surface area contributed by atoms with Gasteiger partial charge < -0.3 is 5.32 Å². The highest BCUT2D eigenvalue weighted by Crippen LogP contribution is 2.16. The lowest BCUT2D eigenvalue weighted by Crippen LogP contribution is -2.29. The zero-order valence-corrected chi connectivity index (χ0v) is 15.5. The fourth-order valence-corrected chi connectivity index (χ4v) is 2.99. The lowest BCUT2D eigenvalue weighted by Gasteiger charge is -2.07. The van der Waals surface area contributed by atoms with Crippen LogP contribution in [0.2, 0.25) is 0 Å². The first-order chi connectivity index (χ1) is 13.5. The minimum Gasteiger partial charge on any atom is -0.324 e. The fraction of sp³-hybridized carbons (Fsp3) is 0.150. The number of rotatable bonds is 4. The van der Waals surface area contributed by atoms with Crippen molar-refractivity contribution in [3.63, 3.8) is 0 Å². The van der Waals surface area contributed by atoms with Crippen molar-refractivity contribution in [1.82, 2.24) is 24.1 Å². The maximum atomic E-state index is 12.7. The Hall–Kier alpha value is -3.81. The molecule has 0 bridgehead atoms. The van der Waals surface area contributed by atoms with Crippen molar-refractivity contribution < 1.29 is 4.79 Å². The van der Waals surface area contributed by atoms with Gasteiger partial charge in [-0.1, -0.05) is 24.3 Å². The van der Waals surface area contributed by atoms with Crippen LogP contribution in [0.25, 0.3) is 17.0 Å². The number of hydrogen-bond donors (Lipinski definition) is 1. The first kappa shape index (κ1) is 17.6. The molecule has 0 saturated heterocycles. The van der Waals surface area contributed by atoms with Crippen LogP contribution in [0.3, 0.4) is 0 Å². The van der Waals surface area contributed by atoms with Gasteiger partial charge in [0.2, 0.25) is 5.91 Å². The van der Waals surface area contributed by atoms with E-state index in [-0.39, 0.29) is 12.5 Å². The maximum absolute atomic E-state index is 12.7. The summed E-state index contributed by atoms with van der Waals surface area (Å²) in [6.45, 7) is 3.44. The number of pyridine rings is 1. The molecule has 1 N–H and O–H groups in total. The van der Waals surface area contributed by atoms with Crippen molar-refractivity contribution in [3.05, 3.63) is 76.6 Å². The average Bonchev–Trinajstić information content (AvgIpc) is 3.00. The Kier molecular flexibility index (Phi) is 4.44. The Balaban J connectivity index is 1.66. The molecule has 0 aliphatic carbocycles. The van der Waals surface area contributed by atoms with E-state index in [4.69, 9.17) is 0 Å². The highest BCUT2D eigenvalue weighted by molar-refractivity contribution is 5.91. The Morgan fingerprint density at radius 3 is 2.61 bits per heavy atom. The second kappa shape index (κ2) is 7.07. The van der Waals surface area contributed by atoms with Crippen LogP contribution < -0.4 is 11.0 Å². The van der Waals surface area contributed by atoms with Gasteiger partial charge in [-0.2, -0.15) is 0 Å². The number of para-hydroxylation sites is 1. The molecule has 8 heteroatoms. The van der Waals surface area contributed by atoms with Crippen LogP contribution in [0.5, 0.6) is 0 Å². The standard InChI is InChI=1S/C20H18N6O2/c1-13-7-3-4-8-15(13)23-19(27)12-25-20(28)26-14(2)22-17(11-18(26)24-25)16-9-5-6-10-21-16/h3-11H,12H2,1-2H3,(H,23,27). The summed E-state index contributed by atoms with van der Waals surface area (Å²) >= 11 is 0. The molecular formula is C20H18N6O2. The molecule has 0 unspecified atom stereocenters. The van der Waals surface area contributed by atoms with E-state index in [9.17, 15) is 9.59 Å². The second-order valence-electron chi connectivity index (χ2n) is 6.40. The van der Waals surface area contributed by atoms with Gasteiger partial charge >= 0.3 is 5.69 Å². The van der Waals surface area contributed by atoms with Gasteiger partial charge in [0.15, 0.2) is 5.65 Å². The lowest BCUT2D eigenvalue weighted by atomic mass is 10.2. The zero-order valence-electron chi connectivity index (χ0n) is 15.5. The molecule has 3 aromatic heterocycles. The van der Waals surface area contributed by atoms with E-state index in [1.54, 1.807) is 19.2 Å². The van der Waals surface area contributed by atoms with Gasteiger partial charge in [0.05, 0.1) is 11.4 Å². The molecule has 28 heavy (non-hydrogen) atoms. The smallest absolute Gasteiger partial charge is 0.324 e. The summed E-state index contributed by atoms with van der Waals surface area (Å²) in [6.07, 6.45) is 1.68. The third-order valence-corrected chi connectivity index (χ3v) is 4.38. The number of anilines is 1. The number of hydrogen-bond acceptors (Lipinski definition) is 5. The molecule has 1 amide bonds. The fourth-order valence-electron chi connectivity index (χ4n) is 2.99. The van der Waals surface area contributed by atoms with E-state index in [0.29, 0.717) is 28.5 Å². The Morgan fingerprint density at radius 2 is 1.86 bits per heavy atom. The van der Waals surface area contributed by atoms with E-state index < -0.39 is 5.69 Å². The van der Waals surface area contributed by atoms with Gasteiger partial charge in [0, 0.05) is 18.0 Å². The van der Waals surface area contributed by atoms with E-state index in [1.165, 1.54) is 4.40 Å². The molecule has 140 valence electrons. The maximum Gasteiger partial charge on any atom is 0.352 e. The molecule has 0 aliphatic heterocycles. The molecule has 0 aliphatic rings. The van der Waals surface area contributed by atoms with Gasteiger partial charge in [-0.3, -0.25) is 9.78 Å². The van der Waals surface area contributed by atoms with Gasteiger partial charge in [-0.15, -0.1) is 5.10 Å². The van der Waals surface area contributed by atoms with Crippen molar-refractivity contribution in [1.29, 1.82) is 0 Å². The van der Waals surface area contributed by atoms with Crippen LogP contribution >= 0.6 is 0 Å². The predicted molar refractivity (Wildman–Crippen MR) is 105 cm³/mol. The van der Waals surface area contributed by atoms with Gasteiger partial charge in [0.1, 0.15) is 12.4 Å². The number of benzene rings is 1. The molecule has 0 fully saturated rings. The SMILES string of the molecule is Cc1ccccc1NC(=O)Cn1nc2cc(-c3ccccn3)nc(C)n2c1=O. The number of aromatic nitrogens is 5. The molecule has 8 nitrogen and oxygen atoms in total. The van der Waals surface area contributed by atoms with Crippen LogP contribution in [-0.2, 0) is 11.3 Å². The van der Waals surface area contributed by atoms with Crippen molar-refractivity contribution in [2.75, 3.05) is 5.32 Å². The minimum atomic E-state index is -0.410. The third-order valence-electron chi connectivity index (χ3n) is 4.38. The summed E-state index contributed by atoms with van der Waals surface area (Å²) < 4.78 is 2.52. The molecular weight excluding hydrogens is 356 g/mol. The topological polar surface area (TPSA) is 94.2 Å². The largest absolute Gasteiger partial charge is 0.352 e. The quantitative estimate of drug-likeness (QED) is 0.591. The van der Waals surface area contributed by atoms with Crippen LogP contribution in [-0.4, -0.2) is 30.1 Å². The molecule has 0 spiro atoms. The lowest BCUT2D eigenvalue weighted by molar-refractivity contribution is -0.117. The summed E-state index contributed by atoms with van der Waals surface area (Å²) in [4.78, 5) is 33.8. The summed E-state index contributed by atoms with van der Waals surface area (Å²) in [5, 5.41) is 7.11. The number of carbonyl (C=O) groups is 1. The van der Waals surface area contributed by atoms with Crippen LogP contribution in [0, 0.1) is 13.8 Å². The molecule has 0 saturated carbocycles. The summed E-state index contributed by atoms with van der Waals surface area (Å²) in [6, 6.07) is 14.7.